The number of hydrogen-bond acceptors (Lipinski definition) is 7. The number of carbonyl (C=O) groups is 2. The summed E-state index contributed by atoms with van der Waals surface area (Å²) in [4.78, 5) is 38.9. The molecular formula is C36H44ClN5O4. The predicted octanol–water partition coefficient (Wildman–Crippen LogP) is 5.94. The minimum absolute atomic E-state index is 0.0161. The van der Waals surface area contributed by atoms with Crippen LogP contribution in [0.4, 0.5) is 11.5 Å². The van der Waals surface area contributed by atoms with Gasteiger partial charge in [0, 0.05) is 31.7 Å². The number of amides is 2. The van der Waals surface area contributed by atoms with Crippen LogP contribution in [-0.4, -0.2) is 79.7 Å². The van der Waals surface area contributed by atoms with Crippen molar-refractivity contribution in [3.05, 3.63) is 76.4 Å². The lowest BCUT2D eigenvalue weighted by molar-refractivity contribution is -0.125. The summed E-state index contributed by atoms with van der Waals surface area (Å²) in [5.41, 5.74) is 3.58. The summed E-state index contributed by atoms with van der Waals surface area (Å²) in [5.74, 6) is 2.92. The highest BCUT2D eigenvalue weighted by atomic mass is 35.5. The number of anilines is 2. The predicted molar refractivity (Wildman–Crippen MR) is 181 cm³/mol. The molecule has 10 heteroatoms. The third-order valence-corrected chi connectivity index (χ3v) is 9.81. The number of nitrogens with zero attached hydrogens (tertiary/aromatic N) is 5. The van der Waals surface area contributed by atoms with Crippen LogP contribution >= 0.6 is 11.6 Å². The maximum Gasteiger partial charge on any atom is 0.237 e. The number of halogens is 1. The molecule has 6 rings (SSSR count). The molecule has 1 saturated heterocycles. The molecule has 2 aliphatic heterocycles. The van der Waals surface area contributed by atoms with E-state index in [0.29, 0.717) is 35.0 Å². The van der Waals surface area contributed by atoms with E-state index < -0.39 is 0 Å². The van der Waals surface area contributed by atoms with Gasteiger partial charge in [0.1, 0.15) is 5.82 Å². The van der Waals surface area contributed by atoms with Gasteiger partial charge >= 0.3 is 0 Å². The lowest BCUT2D eigenvalue weighted by Gasteiger charge is -2.38. The number of pyridine rings is 1. The number of hydrogen-bond donors (Lipinski definition) is 0. The summed E-state index contributed by atoms with van der Waals surface area (Å²) < 4.78 is 11.8. The fraction of sp³-hybridized carbons (Fsp3) is 0.472. The normalized spacial score (nSPS) is 21.9. The molecule has 1 aliphatic carbocycles. The lowest BCUT2D eigenvalue weighted by atomic mass is 9.85. The molecular weight excluding hydrogens is 602 g/mol. The summed E-state index contributed by atoms with van der Waals surface area (Å²) in [5, 5.41) is 0.637. The molecule has 2 aromatic carbocycles. The zero-order valence-corrected chi connectivity index (χ0v) is 28.2. The highest BCUT2D eigenvalue weighted by molar-refractivity contribution is 6.30. The van der Waals surface area contributed by atoms with Crippen molar-refractivity contribution in [1.82, 2.24) is 14.8 Å². The van der Waals surface area contributed by atoms with E-state index in [9.17, 15) is 9.59 Å². The quantitative estimate of drug-likeness (QED) is 0.285. The van der Waals surface area contributed by atoms with E-state index in [0.717, 1.165) is 67.1 Å². The Labute approximate surface area is 277 Å². The zero-order chi connectivity index (χ0) is 32.5. The van der Waals surface area contributed by atoms with Gasteiger partial charge in [-0.05, 0) is 98.5 Å². The van der Waals surface area contributed by atoms with Crippen molar-refractivity contribution in [3.8, 4) is 11.5 Å². The second-order valence-corrected chi connectivity index (χ2v) is 13.6. The van der Waals surface area contributed by atoms with Crippen LogP contribution in [0.5, 0.6) is 11.5 Å². The molecule has 9 nitrogen and oxygen atoms in total. The van der Waals surface area contributed by atoms with Crippen molar-refractivity contribution < 1.29 is 19.1 Å². The molecule has 1 unspecified atom stereocenters. The maximum atomic E-state index is 13.9. The number of ether oxygens (including phenoxy) is 2. The molecule has 0 radical (unpaired) electrons. The van der Waals surface area contributed by atoms with Crippen LogP contribution < -0.4 is 19.3 Å². The SMILES string of the molecule is COc1cc2c(cc1OC(C)C)C(c1ccc(Cl)cc1)N(c1ccc(N(C)CC3CCC(N4CC(=O)N(C)C4)CC3)nc1)C(=O)C2. The average molecular weight is 646 g/mol. The molecule has 46 heavy (non-hydrogen) atoms. The van der Waals surface area contributed by atoms with E-state index in [4.69, 9.17) is 26.1 Å². The largest absolute Gasteiger partial charge is 0.493 e. The van der Waals surface area contributed by atoms with Crippen molar-refractivity contribution in [2.75, 3.05) is 50.8 Å². The number of carbonyl (C=O) groups excluding carboxylic acids is 2. The van der Waals surface area contributed by atoms with Crippen LogP contribution in [0.25, 0.3) is 0 Å². The van der Waals surface area contributed by atoms with Crippen LogP contribution in [-0.2, 0) is 16.0 Å². The van der Waals surface area contributed by atoms with E-state index in [1.165, 1.54) is 0 Å². The van der Waals surface area contributed by atoms with Crippen LogP contribution in [0.1, 0.15) is 62.3 Å². The molecule has 2 fully saturated rings. The number of methoxy groups -OCH3 is 1. The standard InChI is InChI=1S/C36H44ClN5O4/c1-23(2)46-32-18-30-26(16-31(32)45-5)17-34(43)42(36(30)25-8-10-27(37)11-9-25)29-14-15-33(38-19-29)39(3)20-24-6-12-28(13-7-24)41-21-35(44)40(4)22-41/h8-11,14-16,18-19,23-24,28,36H,6-7,12-13,17,20-22H2,1-5H3. The lowest BCUT2D eigenvalue weighted by Crippen LogP contribution is -2.41. The molecule has 3 aliphatic rings. The minimum Gasteiger partial charge on any atom is -0.493 e. The molecule has 3 aromatic rings. The summed E-state index contributed by atoms with van der Waals surface area (Å²) >= 11 is 6.27. The van der Waals surface area contributed by atoms with Gasteiger partial charge < -0.3 is 19.3 Å². The topological polar surface area (TPSA) is 78.5 Å². The molecule has 2 amide bonds. The van der Waals surface area contributed by atoms with Crippen molar-refractivity contribution in [2.24, 2.45) is 5.92 Å². The Balaban J connectivity index is 1.21. The monoisotopic (exact) mass is 645 g/mol. The third-order valence-electron chi connectivity index (χ3n) is 9.56. The molecule has 1 saturated carbocycles. The number of rotatable bonds is 9. The van der Waals surface area contributed by atoms with Gasteiger partial charge in [0.15, 0.2) is 11.5 Å². The van der Waals surface area contributed by atoms with E-state index in [2.05, 4.69) is 16.8 Å². The number of aromatic nitrogens is 1. The molecule has 1 atom stereocenters. The van der Waals surface area contributed by atoms with Crippen molar-refractivity contribution in [3.63, 3.8) is 0 Å². The van der Waals surface area contributed by atoms with E-state index in [1.807, 2.05) is 85.4 Å². The van der Waals surface area contributed by atoms with Crippen LogP contribution in [0.15, 0.2) is 54.7 Å². The Morgan fingerprint density at radius 2 is 1.74 bits per heavy atom. The fourth-order valence-electron chi connectivity index (χ4n) is 7.19. The van der Waals surface area contributed by atoms with Gasteiger partial charge in [-0.1, -0.05) is 23.7 Å². The van der Waals surface area contributed by atoms with Crippen LogP contribution in [0.2, 0.25) is 5.02 Å². The maximum absolute atomic E-state index is 13.9. The molecule has 0 bridgehead atoms. The van der Waals surface area contributed by atoms with Gasteiger partial charge in [-0.3, -0.25) is 19.4 Å². The first-order valence-corrected chi connectivity index (χ1v) is 16.6. The Morgan fingerprint density at radius 1 is 1.00 bits per heavy atom. The first kappa shape index (κ1) is 32.1. The number of fused-ring (bicyclic) bond motifs is 1. The molecule has 1 aromatic heterocycles. The fourth-order valence-corrected chi connectivity index (χ4v) is 7.32. The Morgan fingerprint density at radius 3 is 2.35 bits per heavy atom. The van der Waals surface area contributed by atoms with E-state index in [1.54, 1.807) is 7.11 Å². The summed E-state index contributed by atoms with van der Waals surface area (Å²) in [6.07, 6.45) is 6.52. The van der Waals surface area contributed by atoms with E-state index in [-0.39, 0.29) is 30.4 Å². The second kappa shape index (κ2) is 13.5. The van der Waals surface area contributed by atoms with Crippen molar-refractivity contribution >= 4 is 34.9 Å². The molecule has 244 valence electrons. The van der Waals surface area contributed by atoms with Gasteiger partial charge in [-0.2, -0.15) is 0 Å². The minimum atomic E-state index is -0.389. The van der Waals surface area contributed by atoms with Crippen LogP contribution in [0, 0.1) is 5.92 Å². The Kier molecular flexibility index (Phi) is 9.43. The summed E-state index contributed by atoms with van der Waals surface area (Å²) in [6.45, 7) is 6.18. The number of likely N-dealkylation sites (N-methyl/N-ethyl adjacent to an activating group) is 1. The van der Waals surface area contributed by atoms with Crippen molar-refractivity contribution in [2.45, 2.75) is 64.1 Å². The first-order chi connectivity index (χ1) is 22.1. The van der Waals surface area contributed by atoms with Gasteiger partial charge in [0.05, 0.1) is 50.8 Å². The number of benzene rings is 2. The smallest absolute Gasteiger partial charge is 0.237 e. The Hall–Kier alpha value is -3.82. The third kappa shape index (κ3) is 6.67. The van der Waals surface area contributed by atoms with E-state index >= 15 is 0 Å². The average Bonchev–Trinajstić information content (AvgIpc) is 3.38. The van der Waals surface area contributed by atoms with Crippen molar-refractivity contribution in [1.29, 1.82) is 0 Å². The highest BCUT2D eigenvalue weighted by Gasteiger charge is 2.37. The molecule has 3 heterocycles. The van der Waals surface area contributed by atoms with Gasteiger partial charge in [-0.15, -0.1) is 0 Å². The zero-order valence-electron chi connectivity index (χ0n) is 27.4. The molecule has 0 spiro atoms. The molecule has 0 N–H and O–H groups in total. The summed E-state index contributed by atoms with van der Waals surface area (Å²) in [6, 6.07) is 15.7. The summed E-state index contributed by atoms with van der Waals surface area (Å²) in [7, 11) is 5.59. The second-order valence-electron chi connectivity index (χ2n) is 13.2. The highest BCUT2D eigenvalue weighted by Crippen LogP contribution is 2.44. The van der Waals surface area contributed by atoms with Crippen LogP contribution in [0.3, 0.4) is 0 Å². The van der Waals surface area contributed by atoms with Gasteiger partial charge in [-0.25, -0.2) is 4.98 Å². The first-order valence-electron chi connectivity index (χ1n) is 16.2. The van der Waals surface area contributed by atoms with Gasteiger partial charge in [0.2, 0.25) is 11.8 Å². The Bertz CT molecular complexity index is 1560. The van der Waals surface area contributed by atoms with Gasteiger partial charge in [0.25, 0.3) is 0 Å².